The molecular formula is C6H10Cl2N4O. The third-order valence-corrected chi connectivity index (χ3v) is 1.11. The second-order valence-corrected chi connectivity index (χ2v) is 1.83. The Labute approximate surface area is 88.0 Å². The van der Waals surface area contributed by atoms with Gasteiger partial charge in [-0.1, -0.05) is 0 Å². The number of ether oxygens (including phenoxy) is 1. The summed E-state index contributed by atoms with van der Waals surface area (Å²) in [5.41, 5.74) is 5.46. The minimum Gasteiger partial charge on any atom is -0.479 e. The van der Waals surface area contributed by atoms with Crippen LogP contribution in [0.1, 0.15) is 5.69 Å². The van der Waals surface area contributed by atoms with Crippen LogP contribution in [0.15, 0.2) is 12.4 Å². The largest absolute Gasteiger partial charge is 0.479 e. The van der Waals surface area contributed by atoms with E-state index >= 15 is 0 Å². The summed E-state index contributed by atoms with van der Waals surface area (Å²) in [4.78, 5) is 7.62. The highest BCUT2D eigenvalue weighted by Crippen LogP contribution is 2.08. The fourth-order valence-electron chi connectivity index (χ4n) is 0.659. The summed E-state index contributed by atoms with van der Waals surface area (Å²) in [6.45, 7) is 0. The van der Waals surface area contributed by atoms with E-state index in [4.69, 9.17) is 15.9 Å². The molecule has 1 aromatic heterocycles. The van der Waals surface area contributed by atoms with Gasteiger partial charge in [0.15, 0.2) is 5.69 Å². The Balaban J connectivity index is 0. The summed E-state index contributed by atoms with van der Waals surface area (Å²) in [6.07, 6.45) is 2.94. The second kappa shape index (κ2) is 6.45. The first-order chi connectivity index (χ1) is 5.25. The summed E-state index contributed by atoms with van der Waals surface area (Å²) >= 11 is 0. The van der Waals surface area contributed by atoms with Crippen molar-refractivity contribution in [3.8, 4) is 5.88 Å². The molecule has 0 aliphatic carbocycles. The molecule has 13 heavy (non-hydrogen) atoms. The van der Waals surface area contributed by atoms with Crippen LogP contribution in [0.25, 0.3) is 0 Å². The summed E-state index contributed by atoms with van der Waals surface area (Å²) in [5.74, 6) is 0.134. The van der Waals surface area contributed by atoms with Crippen molar-refractivity contribution in [2.75, 3.05) is 7.11 Å². The molecule has 1 heterocycles. The van der Waals surface area contributed by atoms with Gasteiger partial charge in [-0.3, -0.25) is 5.41 Å². The molecule has 0 unspecified atom stereocenters. The molecule has 1 aromatic rings. The average molecular weight is 225 g/mol. The van der Waals surface area contributed by atoms with Gasteiger partial charge in [0, 0.05) is 12.4 Å². The first kappa shape index (κ1) is 14.5. The number of aromatic nitrogens is 2. The third-order valence-electron chi connectivity index (χ3n) is 1.11. The standard InChI is InChI=1S/C6H8N4O.2ClH/c1-11-6-4(5(7)8)9-2-3-10-6;;/h2-3H,1H3,(H3,7,8);2*1H. The zero-order valence-electron chi connectivity index (χ0n) is 6.85. The van der Waals surface area contributed by atoms with Crippen LogP contribution in [-0.4, -0.2) is 22.9 Å². The number of nitrogens with two attached hydrogens (primary N) is 1. The predicted molar refractivity (Wildman–Crippen MR) is 54.1 cm³/mol. The van der Waals surface area contributed by atoms with Gasteiger partial charge in [-0.2, -0.15) is 0 Å². The van der Waals surface area contributed by atoms with E-state index in [1.54, 1.807) is 0 Å². The van der Waals surface area contributed by atoms with Gasteiger partial charge in [0.2, 0.25) is 5.88 Å². The second-order valence-electron chi connectivity index (χ2n) is 1.83. The molecule has 74 valence electrons. The van der Waals surface area contributed by atoms with Crippen LogP contribution < -0.4 is 10.5 Å². The molecule has 0 aliphatic heterocycles. The molecule has 0 spiro atoms. The predicted octanol–water partition coefficient (Wildman–Crippen LogP) is 0.613. The maximum atomic E-state index is 7.07. The Morgan fingerprint density at radius 2 is 1.92 bits per heavy atom. The molecule has 0 bridgehead atoms. The Bertz CT molecular complexity index is 281. The number of nitrogens with one attached hydrogen (secondary N) is 1. The molecule has 0 aliphatic rings. The molecular weight excluding hydrogens is 215 g/mol. The Morgan fingerprint density at radius 1 is 1.38 bits per heavy atom. The fourth-order valence-corrected chi connectivity index (χ4v) is 0.659. The lowest BCUT2D eigenvalue weighted by Crippen LogP contribution is -2.15. The molecule has 5 nitrogen and oxygen atoms in total. The molecule has 0 fully saturated rings. The van der Waals surface area contributed by atoms with E-state index in [0.29, 0.717) is 0 Å². The molecule has 0 saturated heterocycles. The third kappa shape index (κ3) is 3.43. The topological polar surface area (TPSA) is 84.9 Å². The lowest BCUT2D eigenvalue weighted by molar-refractivity contribution is 0.394. The molecule has 0 saturated carbocycles. The van der Waals surface area contributed by atoms with E-state index in [0.717, 1.165) is 0 Å². The summed E-state index contributed by atoms with van der Waals surface area (Å²) in [7, 11) is 1.45. The van der Waals surface area contributed by atoms with Crippen molar-refractivity contribution in [1.29, 1.82) is 5.41 Å². The van der Waals surface area contributed by atoms with Gasteiger partial charge in [-0.25, -0.2) is 9.97 Å². The van der Waals surface area contributed by atoms with Crippen LogP contribution in [0.5, 0.6) is 5.88 Å². The lowest BCUT2D eigenvalue weighted by atomic mass is 10.4. The number of hydrogen-bond donors (Lipinski definition) is 2. The van der Waals surface area contributed by atoms with E-state index in [2.05, 4.69) is 9.97 Å². The first-order valence-electron chi connectivity index (χ1n) is 2.95. The average Bonchev–Trinajstić information content (AvgIpc) is 2.04. The van der Waals surface area contributed by atoms with E-state index in [9.17, 15) is 0 Å². The Kier molecular flexibility index (Phi) is 7.17. The van der Waals surface area contributed by atoms with Gasteiger partial charge in [-0.15, -0.1) is 24.8 Å². The SMILES string of the molecule is COc1nccnc1C(=N)N.Cl.Cl. The van der Waals surface area contributed by atoms with E-state index in [1.807, 2.05) is 0 Å². The van der Waals surface area contributed by atoms with Crippen molar-refractivity contribution in [1.82, 2.24) is 9.97 Å². The minimum absolute atomic E-state index is 0. The van der Waals surface area contributed by atoms with Gasteiger partial charge < -0.3 is 10.5 Å². The fraction of sp³-hybridized carbons (Fsp3) is 0.167. The molecule has 3 N–H and O–H groups in total. The molecule has 0 amide bonds. The zero-order valence-corrected chi connectivity index (χ0v) is 8.48. The highest BCUT2D eigenvalue weighted by Gasteiger charge is 2.06. The van der Waals surface area contributed by atoms with E-state index < -0.39 is 0 Å². The summed E-state index contributed by atoms with van der Waals surface area (Å²) < 4.78 is 4.81. The number of amidine groups is 1. The Hall–Kier alpha value is -1.07. The summed E-state index contributed by atoms with van der Waals surface area (Å²) in [6, 6.07) is 0. The zero-order chi connectivity index (χ0) is 8.27. The molecule has 1 rings (SSSR count). The lowest BCUT2D eigenvalue weighted by Gasteiger charge is -2.01. The molecule has 7 heteroatoms. The van der Waals surface area contributed by atoms with Crippen molar-refractivity contribution in [2.24, 2.45) is 5.73 Å². The number of nitrogen functional groups attached to an aromatic ring is 1. The molecule has 0 aromatic carbocycles. The van der Waals surface area contributed by atoms with Gasteiger partial charge in [0.05, 0.1) is 7.11 Å². The van der Waals surface area contributed by atoms with Gasteiger partial charge in [0.1, 0.15) is 5.84 Å². The van der Waals surface area contributed by atoms with Crippen LogP contribution in [0.3, 0.4) is 0 Å². The highest BCUT2D eigenvalue weighted by molar-refractivity contribution is 5.94. The number of rotatable bonds is 2. The van der Waals surface area contributed by atoms with Crippen LogP contribution in [-0.2, 0) is 0 Å². The summed E-state index contributed by atoms with van der Waals surface area (Å²) in [5, 5.41) is 7.07. The van der Waals surface area contributed by atoms with Crippen LogP contribution >= 0.6 is 24.8 Å². The van der Waals surface area contributed by atoms with Crippen molar-refractivity contribution in [3.05, 3.63) is 18.1 Å². The molecule has 0 radical (unpaired) electrons. The number of methoxy groups -OCH3 is 1. The van der Waals surface area contributed by atoms with Crippen LogP contribution in [0.2, 0.25) is 0 Å². The van der Waals surface area contributed by atoms with Crippen molar-refractivity contribution >= 4 is 30.6 Å². The van der Waals surface area contributed by atoms with Crippen LogP contribution in [0.4, 0.5) is 0 Å². The normalized spacial score (nSPS) is 7.77. The van der Waals surface area contributed by atoms with Crippen LogP contribution in [0, 0.1) is 5.41 Å². The maximum Gasteiger partial charge on any atom is 0.243 e. The number of halogens is 2. The number of hydrogen-bond acceptors (Lipinski definition) is 4. The Morgan fingerprint density at radius 3 is 2.31 bits per heavy atom. The van der Waals surface area contributed by atoms with Gasteiger partial charge in [0.25, 0.3) is 0 Å². The minimum atomic E-state index is -0.144. The van der Waals surface area contributed by atoms with Crippen molar-refractivity contribution in [2.45, 2.75) is 0 Å². The monoisotopic (exact) mass is 224 g/mol. The van der Waals surface area contributed by atoms with Crippen molar-refractivity contribution < 1.29 is 4.74 Å². The first-order valence-corrected chi connectivity index (χ1v) is 2.95. The molecule has 0 atom stereocenters. The van der Waals surface area contributed by atoms with Crippen molar-refractivity contribution in [3.63, 3.8) is 0 Å². The van der Waals surface area contributed by atoms with E-state index in [1.165, 1.54) is 19.5 Å². The van der Waals surface area contributed by atoms with Gasteiger partial charge >= 0.3 is 0 Å². The highest BCUT2D eigenvalue weighted by atomic mass is 35.5. The smallest absolute Gasteiger partial charge is 0.243 e. The number of nitrogens with zero attached hydrogens (tertiary/aromatic N) is 2. The van der Waals surface area contributed by atoms with E-state index in [-0.39, 0.29) is 42.2 Å². The quantitative estimate of drug-likeness (QED) is 0.570. The van der Waals surface area contributed by atoms with Gasteiger partial charge in [-0.05, 0) is 0 Å². The maximum absolute atomic E-state index is 7.07.